The van der Waals surface area contributed by atoms with Gasteiger partial charge in [-0.15, -0.1) is 11.3 Å². The van der Waals surface area contributed by atoms with Crippen molar-refractivity contribution in [1.29, 1.82) is 0 Å². The van der Waals surface area contributed by atoms with Gasteiger partial charge in [0.1, 0.15) is 5.01 Å². The van der Waals surface area contributed by atoms with E-state index in [0.717, 1.165) is 53.1 Å². The van der Waals surface area contributed by atoms with E-state index in [1.807, 2.05) is 42.7 Å². The molecule has 2 aromatic carbocycles. The lowest BCUT2D eigenvalue weighted by Crippen LogP contribution is -2.35. The highest BCUT2D eigenvalue weighted by Gasteiger charge is 2.20. The van der Waals surface area contributed by atoms with Gasteiger partial charge in [-0.25, -0.2) is 4.98 Å². The van der Waals surface area contributed by atoms with E-state index in [1.165, 1.54) is 5.69 Å². The van der Waals surface area contributed by atoms with E-state index in [4.69, 9.17) is 16.6 Å². The maximum atomic E-state index is 12.8. The highest BCUT2D eigenvalue weighted by molar-refractivity contribution is 7.21. The number of para-hydroxylation sites is 1. The molecule has 7 heteroatoms. The molecule has 3 heterocycles. The molecule has 2 aromatic heterocycles. The Morgan fingerprint density at radius 2 is 1.88 bits per heavy atom. The molecule has 0 radical (unpaired) electrons. The maximum Gasteiger partial charge on any atom is 0.251 e. The van der Waals surface area contributed by atoms with Gasteiger partial charge in [0.05, 0.1) is 15.2 Å². The molecule has 4 aromatic rings. The first-order chi connectivity index (χ1) is 16.2. The third-order valence-corrected chi connectivity index (χ3v) is 7.63. The second-order valence-corrected chi connectivity index (χ2v) is 9.80. The topological polar surface area (TPSA) is 58.1 Å². The monoisotopic (exact) mass is 476 g/mol. The zero-order chi connectivity index (χ0) is 22.6. The lowest BCUT2D eigenvalue weighted by Gasteiger charge is -2.33. The number of thiazole rings is 1. The minimum Gasteiger partial charge on any atom is -0.371 e. The molecule has 1 fully saturated rings. The van der Waals surface area contributed by atoms with Crippen molar-refractivity contribution in [3.8, 4) is 10.6 Å². The number of rotatable bonds is 6. The molecule has 0 aliphatic carbocycles. The Bertz CT molecular complexity index is 1220. The first-order valence-corrected chi connectivity index (χ1v) is 12.5. The first-order valence-electron chi connectivity index (χ1n) is 11.3. The van der Waals surface area contributed by atoms with Gasteiger partial charge in [-0.2, -0.15) is 0 Å². The van der Waals surface area contributed by atoms with E-state index in [2.05, 4.69) is 27.3 Å². The van der Waals surface area contributed by atoms with Crippen LogP contribution in [0.5, 0.6) is 0 Å². The van der Waals surface area contributed by atoms with Crippen molar-refractivity contribution in [2.75, 3.05) is 24.5 Å². The molecule has 1 saturated heterocycles. The van der Waals surface area contributed by atoms with Crippen molar-refractivity contribution < 1.29 is 4.79 Å². The van der Waals surface area contributed by atoms with Crippen LogP contribution in [0.15, 0.2) is 67.0 Å². The number of carbonyl (C=O) groups is 1. The number of pyridine rings is 1. The third-order valence-electron chi connectivity index (χ3n) is 6.23. The lowest BCUT2D eigenvalue weighted by atomic mass is 9.93. The lowest BCUT2D eigenvalue weighted by molar-refractivity contribution is 0.0950. The normalized spacial score (nSPS) is 14.5. The van der Waals surface area contributed by atoms with Crippen LogP contribution in [0.2, 0.25) is 5.02 Å². The van der Waals surface area contributed by atoms with E-state index >= 15 is 0 Å². The van der Waals surface area contributed by atoms with Crippen LogP contribution in [0.3, 0.4) is 0 Å². The summed E-state index contributed by atoms with van der Waals surface area (Å²) in [6.07, 6.45) is 6.96. The van der Waals surface area contributed by atoms with Crippen molar-refractivity contribution in [3.63, 3.8) is 0 Å². The number of piperidine rings is 1. The van der Waals surface area contributed by atoms with Crippen LogP contribution in [0.1, 0.15) is 29.6 Å². The number of nitrogens with zero attached hydrogens (tertiary/aromatic N) is 3. The van der Waals surface area contributed by atoms with Gasteiger partial charge < -0.3 is 10.2 Å². The summed E-state index contributed by atoms with van der Waals surface area (Å²) >= 11 is 8.04. The zero-order valence-corrected chi connectivity index (χ0v) is 19.8. The van der Waals surface area contributed by atoms with E-state index in [9.17, 15) is 4.79 Å². The average molecular weight is 477 g/mol. The number of anilines is 1. The summed E-state index contributed by atoms with van der Waals surface area (Å²) in [6, 6.07) is 17.5. The number of benzene rings is 2. The minimum absolute atomic E-state index is 0.0664. The molecular weight excluding hydrogens is 452 g/mol. The standard InChI is InChI=1S/C26H25ClN4OS/c27-22-6-5-19(17-21(22)26-30-23-3-1-2-4-24(23)33-26)25(32)29-14-7-18-10-15-31(16-11-18)20-8-12-28-13-9-20/h1-6,8-9,12-13,17-18H,7,10-11,14-16H2,(H,29,32). The average Bonchev–Trinajstić information content (AvgIpc) is 3.29. The second-order valence-electron chi connectivity index (χ2n) is 8.36. The van der Waals surface area contributed by atoms with Crippen LogP contribution in [0, 0.1) is 5.92 Å². The highest BCUT2D eigenvalue weighted by Crippen LogP contribution is 2.35. The summed E-state index contributed by atoms with van der Waals surface area (Å²) in [7, 11) is 0. The van der Waals surface area contributed by atoms with E-state index in [-0.39, 0.29) is 5.91 Å². The first kappa shape index (κ1) is 21.9. The van der Waals surface area contributed by atoms with Gasteiger partial charge in [0.15, 0.2) is 0 Å². The van der Waals surface area contributed by atoms with Crippen LogP contribution < -0.4 is 10.2 Å². The van der Waals surface area contributed by atoms with Crippen LogP contribution in [0.25, 0.3) is 20.8 Å². The summed E-state index contributed by atoms with van der Waals surface area (Å²) in [5, 5.41) is 4.53. The van der Waals surface area contributed by atoms with Crippen molar-refractivity contribution in [2.24, 2.45) is 5.92 Å². The number of hydrogen-bond acceptors (Lipinski definition) is 5. The van der Waals surface area contributed by atoms with Crippen LogP contribution >= 0.6 is 22.9 Å². The SMILES string of the molecule is O=C(NCCC1CCN(c2ccncc2)CC1)c1ccc(Cl)c(-c2nc3ccccc3s2)c1. The van der Waals surface area contributed by atoms with Crippen LogP contribution in [0.4, 0.5) is 5.69 Å². The molecular formula is C26H25ClN4OS. The van der Waals surface area contributed by atoms with Crippen molar-refractivity contribution >= 4 is 44.7 Å². The molecule has 0 spiro atoms. The highest BCUT2D eigenvalue weighted by atomic mass is 35.5. The minimum atomic E-state index is -0.0664. The second kappa shape index (κ2) is 9.89. The molecule has 1 aliphatic rings. The van der Waals surface area contributed by atoms with Gasteiger partial charge in [0, 0.05) is 48.8 Å². The van der Waals surface area contributed by atoms with Gasteiger partial charge in [-0.1, -0.05) is 23.7 Å². The third kappa shape index (κ3) is 5.02. The quantitative estimate of drug-likeness (QED) is 0.368. The van der Waals surface area contributed by atoms with E-state index in [0.29, 0.717) is 23.0 Å². The summed E-state index contributed by atoms with van der Waals surface area (Å²) in [6.45, 7) is 2.77. The van der Waals surface area contributed by atoms with Gasteiger partial charge in [0.25, 0.3) is 5.91 Å². The number of nitrogens with one attached hydrogen (secondary N) is 1. The largest absolute Gasteiger partial charge is 0.371 e. The van der Waals surface area contributed by atoms with E-state index in [1.54, 1.807) is 23.5 Å². The molecule has 0 atom stereocenters. The number of fused-ring (bicyclic) bond motifs is 1. The van der Waals surface area contributed by atoms with E-state index < -0.39 is 0 Å². The van der Waals surface area contributed by atoms with Crippen molar-refractivity contribution in [1.82, 2.24) is 15.3 Å². The molecule has 33 heavy (non-hydrogen) atoms. The molecule has 0 bridgehead atoms. The van der Waals surface area contributed by atoms with Crippen molar-refractivity contribution in [2.45, 2.75) is 19.3 Å². The van der Waals surface area contributed by atoms with Gasteiger partial charge in [0.2, 0.25) is 0 Å². The number of amides is 1. The smallest absolute Gasteiger partial charge is 0.251 e. The fraction of sp³-hybridized carbons (Fsp3) is 0.269. The Morgan fingerprint density at radius 3 is 2.67 bits per heavy atom. The molecule has 1 amide bonds. The fourth-order valence-corrected chi connectivity index (χ4v) is 5.60. The fourth-order valence-electron chi connectivity index (χ4n) is 4.34. The molecule has 168 valence electrons. The Hall–Kier alpha value is -2.96. The summed E-state index contributed by atoms with van der Waals surface area (Å²) in [5.74, 6) is 0.565. The molecule has 1 aliphatic heterocycles. The van der Waals surface area contributed by atoms with Gasteiger partial charge >= 0.3 is 0 Å². The number of aromatic nitrogens is 2. The predicted molar refractivity (Wildman–Crippen MR) is 136 cm³/mol. The number of hydrogen-bond donors (Lipinski definition) is 1. The molecule has 0 saturated carbocycles. The molecule has 1 N–H and O–H groups in total. The van der Waals surface area contributed by atoms with Crippen molar-refractivity contribution in [3.05, 3.63) is 77.6 Å². The number of carbonyl (C=O) groups excluding carboxylic acids is 1. The van der Waals surface area contributed by atoms with Crippen LogP contribution in [-0.4, -0.2) is 35.5 Å². The Balaban J connectivity index is 1.17. The van der Waals surface area contributed by atoms with Crippen LogP contribution in [-0.2, 0) is 0 Å². The van der Waals surface area contributed by atoms with Gasteiger partial charge in [-0.05, 0) is 67.6 Å². The predicted octanol–water partition coefficient (Wildman–Crippen LogP) is 6.05. The molecule has 5 nitrogen and oxygen atoms in total. The molecule has 0 unspecified atom stereocenters. The zero-order valence-electron chi connectivity index (χ0n) is 18.2. The summed E-state index contributed by atoms with van der Waals surface area (Å²) in [5.41, 5.74) is 3.59. The Morgan fingerprint density at radius 1 is 1.09 bits per heavy atom. The summed E-state index contributed by atoms with van der Waals surface area (Å²) in [4.78, 5) is 24.0. The number of halogens is 1. The van der Waals surface area contributed by atoms with Gasteiger partial charge in [-0.3, -0.25) is 9.78 Å². The Kier molecular flexibility index (Phi) is 6.55. The summed E-state index contributed by atoms with van der Waals surface area (Å²) < 4.78 is 1.10. The molecule has 5 rings (SSSR count). The Labute approximate surface area is 202 Å². The maximum absolute atomic E-state index is 12.8.